The number of para-hydroxylation sites is 1. The summed E-state index contributed by atoms with van der Waals surface area (Å²) >= 11 is 0. The third-order valence-corrected chi connectivity index (χ3v) is 5.18. The number of hydrogen-bond acceptors (Lipinski definition) is 5. The second kappa shape index (κ2) is 9.50. The van der Waals surface area contributed by atoms with E-state index in [-0.39, 0.29) is 11.8 Å². The van der Waals surface area contributed by atoms with E-state index in [1.54, 1.807) is 20.3 Å². The lowest BCUT2D eigenvalue weighted by Gasteiger charge is -2.23. The Balaban J connectivity index is 2.01. The van der Waals surface area contributed by atoms with E-state index in [1.165, 1.54) is 12.8 Å². The Bertz CT molecular complexity index is 972. The summed E-state index contributed by atoms with van der Waals surface area (Å²) in [5.41, 5.74) is 3.59. The van der Waals surface area contributed by atoms with Crippen LogP contribution < -0.4 is 14.8 Å². The molecule has 1 unspecified atom stereocenters. The third kappa shape index (κ3) is 4.73. The van der Waals surface area contributed by atoms with Gasteiger partial charge in [-0.05, 0) is 43.2 Å². The van der Waals surface area contributed by atoms with Crippen LogP contribution in [-0.2, 0) is 0 Å². The maximum absolute atomic E-state index is 10.2. The maximum atomic E-state index is 10.2. The van der Waals surface area contributed by atoms with E-state index in [1.807, 2.05) is 37.3 Å². The number of hydrogen-bond donors (Lipinski definition) is 2. The molecule has 154 valence electrons. The summed E-state index contributed by atoms with van der Waals surface area (Å²) in [5.74, 6) is 1.64. The number of nitrogens with one attached hydrogen (secondary N) is 1. The molecule has 0 aliphatic rings. The van der Waals surface area contributed by atoms with Gasteiger partial charge in [0.25, 0.3) is 0 Å². The Morgan fingerprint density at radius 3 is 2.55 bits per heavy atom. The molecule has 29 heavy (non-hydrogen) atoms. The minimum Gasteiger partial charge on any atom is -0.506 e. The van der Waals surface area contributed by atoms with Crippen molar-refractivity contribution in [2.45, 2.75) is 45.6 Å². The molecule has 1 atom stereocenters. The zero-order chi connectivity index (χ0) is 20.8. The fourth-order valence-corrected chi connectivity index (χ4v) is 3.66. The molecule has 0 bridgehead atoms. The van der Waals surface area contributed by atoms with Crippen molar-refractivity contribution in [2.75, 3.05) is 19.5 Å². The quantitative estimate of drug-likeness (QED) is 0.436. The van der Waals surface area contributed by atoms with Crippen LogP contribution in [0.2, 0.25) is 0 Å². The summed E-state index contributed by atoms with van der Waals surface area (Å²) in [4.78, 5) is 4.51. The third-order valence-electron chi connectivity index (χ3n) is 5.18. The van der Waals surface area contributed by atoms with Gasteiger partial charge in [-0.2, -0.15) is 0 Å². The number of anilines is 1. The zero-order valence-electron chi connectivity index (χ0n) is 17.7. The lowest BCUT2D eigenvalue weighted by Crippen LogP contribution is -2.12. The van der Waals surface area contributed by atoms with Crippen molar-refractivity contribution in [3.05, 3.63) is 53.7 Å². The molecule has 1 aromatic heterocycles. The molecule has 2 N–H and O–H groups in total. The molecule has 5 heteroatoms. The number of fused-ring (bicyclic) bond motifs is 1. The number of rotatable bonds is 9. The predicted octanol–water partition coefficient (Wildman–Crippen LogP) is 6.00. The van der Waals surface area contributed by atoms with Gasteiger partial charge in [-0.15, -0.1) is 0 Å². The second-order valence-electron chi connectivity index (χ2n) is 7.29. The number of benzene rings is 2. The number of ether oxygens (including phenoxy) is 2. The molecule has 5 nitrogen and oxygen atoms in total. The lowest BCUT2D eigenvalue weighted by molar-refractivity contribution is 0.354. The number of unbranched alkanes of at least 4 members (excludes halogenated alkanes) is 2. The number of methoxy groups -OCH3 is 2. The topological polar surface area (TPSA) is 63.6 Å². The van der Waals surface area contributed by atoms with E-state index in [0.717, 1.165) is 46.7 Å². The first-order chi connectivity index (χ1) is 14.1. The van der Waals surface area contributed by atoms with Gasteiger partial charge in [0.2, 0.25) is 0 Å². The molecule has 0 aliphatic heterocycles. The molecule has 0 radical (unpaired) electrons. The van der Waals surface area contributed by atoms with Crippen molar-refractivity contribution in [3.63, 3.8) is 0 Å². The van der Waals surface area contributed by atoms with Gasteiger partial charge in [-0.3, -0.25) is 0 Å². The average Bonchev–Trinajstić information content (AvgIpc) is 2.73. The van der Waals surface area contributed by atoms with Crippen LogP contribution in [0, 0.1) is 6.92 Å². The van der Waals surface area contributed by atoms with Crippen LogP contribution in [0.5, 0.6) is 17.2 Å². The Hall–Kier alpha value is -2.95. The normalized spacial score (nSPS) is 12.0. The highest BCUT2D eigenvalue weighted by molar-refractivity contribution is 5.95. The highest BCUT2D eigenvalue weighted by Gasteiger charge is 2.17. The van der Waals surface area contributed by atoms with E-state index in [4.69, 9.17) is 9.47 Å². The molecule has 0 aliphatic carbocycles. The summed E-state index contributed by atoms with van der Waals surface area (Å²) in [6.45, 7) is 4.15. The summed E-state index contributed by atoms with van der Waals surface area (Å²) in [5, 5.41) is 14.9. The molecular formula is C24H30N2O3. The number of aryl methyl sites for hydroxylation is 1. The van der Waals surface area contributed by atoms with Crippen molar-refractivity contribution in [2.24, 2.45) is 0 Å². The maximum Gasteiger partial charge on any atom is 0.161 e. The standard InChI is InChI=1S/C24H30N2O3/c1-5-6-7-10-19(17-12-13-22(28-3)23(15-17)29-4)26-20-14-16(2)25-24-18(20)9-8-11-21(24)27/h8-9,11-15,19,27H,5-7,10H2,1-4H3,(H,25,26). The molecule has 0 amide bonds. The van der Waals surface area contributed by atoms with E-state index in [2.05, 4.69) is 23.3 Å². The van der Waals surface area contributed by atoms with Gasteiger partial charge in [0.1, 0.15) is 11.3 Å². The van der Waals surface area contributed by atoms with Crippen molar-refractivity contribution in [3.8, 4) is 17.2 Å². The minimum atomic E-state index is 0.105. The number of nitrogens with zero attached hydrogens (tertiary/aromatic N) is 1. The number of phenols is 1. The number of aromatic hydroxyl groups is 1. The monoisotopic (exact) mass is 394 g/mol. The molecule has 0 fully saturated rings. The molecule has 1 heterocycles. The first kappa shape index (κ1) is 20.8. The highest BCUT2D eigenvalue weighted by atomic mass is 16.5. The molecule has 3 rings (SSSR count). The Labute approximate surface area is 172 Å². The van der Waals surface area contributed by atoms with Crippen LogP contribution >= 0.6 is 0 Å². The first-order valence-corrected chi connectivity index (χ1v) is 10.1. The Kier molecular flexibility index (Phi) is 6.81. The van der Waals surface area contributed by atoms with Crippen LogP contribution in [0.3, 0.4) is 0 Å². The van der Waals surface area contributed by atoms with Crippen LogP contribution in [0.25, 0.3) is 10.9 Å². The van der Waals surface area contributed by atoms with Gasteiger partial charge < -0.3 is 19.9 Å². The molecule has 0 saturated heterocycles. The second-order valence-corrected chi connectivity index (χ2v) is 7.29. The van der Waals surface area contributed by atoms with Crippen molar-refractivity contribution in [1.29, 1.82) is 0 Å². The molecule has 3 aromatic rings. The van der Waals surface area contributed by atoms with E-state index >= 15 is 0 Å². The van der Waals surface area contributed by atoms with Gasteiger partial charge >= 0.3 is 0 Å². The summed E-state index contributed by atoms with van der Waals surface area (Å²) in [6, 6.07) is 13.7. The average molecular weight is 395 g/mol. The Morgan fingerprint density at radius 2 is 1.83 bits per heavy atom. The van der Waals surface area contributed by atoms with Gasteiger partial charge in [-0.25, -0.2) is 4.98 Å². The van der Waals surface area contributed by atoms with Crippen LogP contribution in [-0.4, -0.2) is 24.3 Å². The summed E-state index contributed by atoms with van der Waals surface area (Å²) < 4.78 is 10.9. The van der Waals surface area contributed by atoms with E-state index in [9.17, 15) is 5.11 Å². The SMILES string of the molecule is CCCCCC(Nc1cc(C)nc2c(O)cccc12)c1ccc(OC)c(OC)c1. The predicted molar refractivity (Wildman–Crippen MR) is 118 cm³/mol. The smallest absolute Gasteiger partial charge is 0.161 e. The molecule has 0 saturated carbocycles. The van der Waals surface area contributed by atoms with Crippen LogP contribution in [0.15, 0.2) is 42.5 Å². The largest absolute Gasteiger partial charge is 0.506 e. The van der Waals surface area contributed by atoms with Crippen molar-refractivity contribution < 1.29 is 14.6 Å². The van der Waals surface area contributed by atoms with Gasteiger partial charge in [0.15, 0.2) is 11.5 Å². The van der Waals surface area contributed by atoms with Gasteiger partial charge in [0, 0.05) is 16.8 Å². The number of aromatic nitrogens is 1. The molecular weight excluding hydrogens is 364 g/mol. The summed E-state index contributed by atoms with van der Waals surface area (Å²) in [6.07, 6.45) is 4.47. The van der Waals surface area contributed by atoms with Crippen LogP contribution in [0.4, 0.5) is 5.69 Å². The van der Waals surface area contributed by atoms with E-state index in [0.29, 0.717) is 5.52 Å². The Morgan fingerprint density at radius 1 is 1.03 bits per heavy atom. The fourth-order valence-electron chi connectivity index (χ4n) is 3.66. The first-order valence-electron chi connectivity index (χ1n) is 10.1. The van der Waals surface area contributed by atoms with Crippen molar-refractivity contribution in [1.82, 2.24) is 4.98 Å². The lowest BCUT2D eigenvalue weighted by atomic mass is 9.99. The summed E-state index contributed by atoms with van der Waals surface area (Å²) in [7, 11) is 3.30. The van der Waals surface area contributed by atoms with Crippen molar-refractivity contribution >= 4 is 16.6 Å². The van der Waals surface area contributed by atoms with Gasteiger partial charge in [0.05, 0.1) is 20.3 Å². The molecule has 0 spiro atoms. The van der Waals surface area contributed by atoms with E-state index < -0.39 is 0 Å². The highest BCUT2D eigenvalue weighted by Crippen LogP contribution is 2.36. The number of pyridine rings is 1. The number of phenolic OH excluding ortho intramolecular Hbond substituents is 1. The van der Waals surface area contributed by atoms with Gasteiger partial charge in [-0.1, -0.05) is 44.4 Å². The zero-order valence-corrected chi connectivity index (χ0v) is 17.7. The minimum absolute atomic E-state index is 0.105. The fraction of sp³-hybridized carbons (Fsp3) is 0.375. The van der Waals surface area contributed by atoms with Crippen LogP contribution in [0.1, 0.15) is 49.9 Å². The molecule has 2 aromatic carbocycles.